The third-order valence-electron chi connectivity index (χ3n) is 2.63. The molecular weight excluding hydrogens is 260 g/mol. The van der Waals surface area contributed by atoms with Crippen molar-refractivity contribution in [1.29, 1.82) is 0 Å². The van der Waals surface area contributed by atoms with Gasteiger partial charge in [-0.1, -0.05) is 18.2 Å². The Morgan fingerprint density at radius 2 is 2.05 bits per heavy atom. The van der Waals surface area contributed by atoms with Crippen molar-refractivity contribution in [2.75, 3.05) is 10.6 Å². The number of urea groups is 1. The van der Waals surface area contributed by atoms with Gasteiger partial charge >= 0.3 is 12.0 Å². The van der Waals surface area contributed by atoms with Gasteiger partial charge in [-0.25, -0.2) is 4.79 Å². The topological polar surface area (TPSA) is 107 Å². The minimum absolute atomic E-state index is 0.0159. The van der Waals surface area contributed by atoms with Crippen LogP contribution in [0.15, 0.2) is 36.7 Å². The van der Waals surface area contributed by atoms with Crippen molar-refractivity contribution in [3.8, 4) is 0 Å². The zero-order valence-corrected chi connectivity index (χ0v) is 10.6. The highest BCUT2D eigenvalue weighted by atomic mass is 16.4. The Bertz CT molecular complexity index is 595. The van der Waals surface area contributed by atoms with Gasteiger partial charge in [-0.3, -0.25) is 9.89 Å². The maximum Gasteiger partial charge on any atom is 0.323 e. The fourth-order valence-corrected chi connectivity index (χ4v) is 1.71. The van der Waals surface area contributed by atoms with E-state index in [0.29, 0.717) is 17.8 Å². The van der Waals surface area contributed by atoms with Crippen LogP contribution in [0.4, 0.5) is 16.2 Å². The highest BCUT2D eigenvalue weighted by Gasteiger charge is 2.08. The summed E-state index contributed by atoms with van der Waals surface area (Å²) in [6.45, 7) is 0. The summed E-state index contributed by atoms with van der Waals surface area (Å²) in [5, 5.41) is 20.3. The third-order valence-corrected chi connectivity index (χ3v) is 2.63. The first-order valence-corrected chi connectivity index (χ1v) is 6.01. The summed E-state index contributed by atoms with van der Waals surface area (Å²) in [5.41, 5.74) is 1.91. The predicted octanol–water partition coefficient (Wildman–Crippen LogP) is 2.07. The van der Waals surface area contributed by atoms with Gasteiger partial charge in [0, 0.05) is 18.3 Å². The highest BCUT2D eigenvalue weighted by molar-refractivity contribution is 6.00. The van der Waals surface area contributed by atoms with E-state index in [-0.39, 0.29) is 6.42 Å². The molecular formula is C13H14N4O3. The van der Waals surface area contributed by atoms with Gasteiger partial charge in [-0.15, -0.1) is 0 Å². The first-order chi connectivity index (χ1) is 9.65. The van der Waals surface area contributed by atoms with E-state index in [9.17, 15) is 9.59 Å². The van der Waals surface area contributed by atoms with Crippen LogP contribution in [0.3, 0.4) is 0 Å². The van der Waals surface area contributed by atoms with E-state index >= 15 is 0 Å². The monoisotopic (exact) mass is 274 g/mol. The maximum absolute atomic E-state index is 11.8. The number of carbonyl (C=O) groups excluding carboxylic acids is 1. The van der Waals surface area contributed by atoms with Crippen molar-refractivity contribution in [1.82, 2.24) is 10.2 Å². The molecule has 0 radical (unpaired) electrons. The van der Waals surface area contributed by atoms with Gasteiger partial charge in [0.25, 0.3) is 0 Å². The van der Waals surface area contributed by atoms with Crippen molar-refractivity contribution < 1.29 is 14.7 Å². The molecule has 104 valence electrons. The highest BCUT2D eigenvalue weighted by Crippen LogP contribution is 2.17. The molecule has 0 aliphatic rings. The van der Waals surface area contributed by atoms with E-state index in [1.807, 2.05) is 0 Å². The number of aliphatic carboxylic acids is 1. The number of nitrogens with one attached hydrogen (secondary N) is 3. The molecule has 0 saturated heterocycles. The van der Waals surface area contributed by atoms with E-state index in [1.54, 1.807) is 30.5 Å². The van der Waals surface area contributed by atoms with Crippen LogP contribution in [-0.4, -0.2) is 27.3 Å². The van der Waals surface area contributed by atoms with Crippen LogP contribution in [-0.2, 0) is 11.2 Å². The number of hydrogen-bond donors (Lipinski definition) is 4. The molecule has 2 amide bonds. The first kappa shape index (κ1) is 13.6. The smallest absolute Gasteiger partial charge is 0.323 e. The average Bonchev–Trinajstić information content (AvgIpc) is 2.90. The van der Waals surface area contributed by atoms with Crippen LogP contribution in [0.25, 0.3) is 0 Å². The molecule has 4 N–H and O–H groups in total. The third kappa shape index (κ3) is 3.84. The summed E-state index contributed by atoms with van der Waals surface area (Å²) in [6.07, 6.45) is 3.41. The van der Waals surface area contributed by atoms with Gasteiger partial charge in [0.2, 0.25) is 0 Å². The molecule has 1 heterocycles. The lowest BCUT2D eigenvalue weighted by Gasteiger charge is -2.10. The number of benzene rings is 1. The Morgan fingerprint density at radius 3 is 2.75 bits per heavy atom. The Balaban J connectivity index is 2.01. The number of hydrogen-bond acceptors (Lipinski definition) is 3. The normalized spacial score (nSPS) is 10.0. The molecule has 1 aromatic heterocycles. The number of carbonyl (C=O) groups is 2. The second-order valence-electron chi connectivity index (χ2n) is 4.12. The number of H-pyrrole nitrogens is 1. The number of anilines is 2. The maximum atomic E-state index is 11.8. The molecule has 0 saturated carbocycles. The van der Waals surface area contributed by atoms with Gasteiger partial charge in [0.05, 0.1) is 11.9 Å². The van der Waals surface area contributed by atoms with Crippen LogP contribution < -0.4 is 10.6 Å². The number of para-hydroxylation sites is 1. The summed E-state index contributed by atoms with van der Waals surface area (Å²) in [6, 6.07) is 6.69. The van der Waals surface area contributed by atoms with Gasteiger partial charge in [0.1, 0.15) is 0 Å². The first-order valence-electron chi connectivity index (χ1n) is 6.01. The average molecular weight is 274 g/mol. The molecule has 2 rings (SSSR count). The standard InChI is InChI=1S/C13H14N4O3/c18-12(19)6-5-9-3-1-2-4-11(9)17-13(20)16-10-7-14-15-8-10/h1-4,7-8H,5-6H2,(H,14,15)(H,18,19)(H2,16,17,20). The molecule has 0 unspecified atom stereocenters. The Hall–Kier alpha value is -2.83. The molecule has 0 bridgehead atoms. The van der Waals surface area contributed by atoms with Crippen LogP contribution in [0.1, 0.15) is 12.0 Å². The van der Waals surface area contributed by atoms with Crippen LogP contribution in [0.2, 0.25) is 0 Å². The molecule has 0 aliphatic heterocycles. The number of rotatable bonds is 5. The molecule has 1 aromatic carbocycles. The summed E-state index contributed by atoms with van der Waals surface area (Å²) >= 11 is 0. The molecule has 0 atom stereocenters. The molecule has 0 aliphatic carbocycles. The Kier molecular flexibility index (Phi) is 4.33. The van der Waals surface area contributed by atoms with Gasteiger partial charge in [-0.05, 0) is 18.1 Å². The van der Waals surface area contributed by atoms with Crippen molar-refractivity contribution in [2.45, 2.75) is 12.8 Å². The summed E-state index contributed by atoms with van der Waals surface area (Å²) in [7, 11) is 0. The molecule has 2 aromatic rings. The van der Waals surface area contributed by atoms with E-state index < -0.39 is 12.0 Å². The Labute approximate surface area is 115 Å². The number of amides is 2. The molecule has 7 heteroatoms. The van der Waals surface area contributed by atoms with E-state index in [2.05, 4.69) is 20.8 Å². The molecule has 0 fully saturated rings. The van der Waals surface area contributed by atoms with Crippen LogP contribution in [0, 0.1) is 0 Å². The minimum Gasteiger partial charge on any atom is -0.481 e. The van der Waals surface area contributed by atoms with Crippen LogP contribution >= 0.6 is 0 Å². The fraction of sp³-hybridized carbons (Fsp3) is 0.154. The number of carboxylic acids is 1. The van der Waals surface area contributed by atoms with Crippen molar-refractivity contribution in [2.24, 2.45) is 0 Å². The van der Waals surface area contributed by atoms with Gasteiger partial charge in [-0.2, -0.15) is 5.10 Å². The van der Waals surface area contributed by atoms with Crippen molar-refractivity contribution >= 4 is 23.4 Å². The zero-order chi connectivity index (χ0) is 14.4. The quantitative estimate of drug-likeness (QED) is 0.669. The summed E-state index contributed by atoms with van der Waals surface area (Å²) < 4.78 is 0. The lowest BCUT2D eigenvalue weighted by molar-refractivity contribution is -0.136. The van der Waals surface area contributed by atoms with Crippen molar-refractivity contribution in [3.63, 3.8) is 0 Å². The second kappa shape index (κ2) is 6.37. The second-order valence-corrected chi connectivity index (χ2v) is 4.12. The van der Waals surface area contributed by atoms with E-state index in [4.69, 9.17) is 5.11 Å². The Morgan fingerprint density at radius 1 is 1.25 bits per heavy atom. The number of aromatic amines is 1. The summed E-state index contributed by atoms with van der Waals surface area (Å²) in [5.74, 6) is -0.873. The van der Waals surface area contributed by atoms with E-state index in [1.165, 1.54) is 6.20 Å². The number of nitrogens with zero attached hydrogens (tertiary/aromatic N) is 1. The van der Waals surface area contributed by atoms with E-state index in [0.717, 1.165) is 5.56 Å². The lowest BCUT2D eigenvalue weighted by atomic mass is 10.1. The molecule has 7 nitrogen and oxygen atoms in total. The number of aryl methyl sites for hydroxylation is 1. The largest absolute Gasteiger partial charge is 0.481 e. The van der Waals surface area contributed by atoms with Gasteiger partial charge in [0.15, 0.2) is 0 Å². The van der Waals surface area contributed by atoms with Gasteiger partial charge < -0.3 is 15.7 Å². The molecule has 20 heavy (non-hydrogen) atoms. The van der Waals surface area contributed by atoms with Crippen molar-refractivity contribution in [3.05, 3.63) is 42.2 Å². The number of carboxylic acid groups (broad SMARTS) is 1. The zero-order valence-electron chi connectivity index (χ0n) is 10.6. The minimum atomic E-state index is -0.873. The summed E-state index contributed by atoms with van der Waals surface area (Å²) in [4.78, 5) is 22.4. The molecule has 0 spiro atoms. The predicted molar refractivity (Wildman–Crippen MR) is 73.6 cm³/mol. The SMILES string of the molecule is O=C(O)CCc1ccccc1NC(=O)Nc1cn[nH]c1. The number of aromatic nitrogens is 2. The fourth-order valence-electron chi connectivity index (χ4n) is 1.71. The lowest BCUT2D eigenvalue weighted by Crippen LogP contribution is -2.20. The van der Waals surface area contributed by atoms with Crippen LogP contribution in [0.5, 0.6) is 0 Å².